The summed E-state index contributed by atoms with van der Waals surface area (Å²) in [5, 5.41) is 0. The lowest BCUT2D eigenvalue weighted by molar-refractivity contribution is -0.112. The fraction of sp³-hybridized carbons (Fsp3) is 0.778. The van der Waals surface area contributed by atoms with Gasteiger partial charge in [-0.2, -0.15) is 12.7 Å². The van der Waals surface area contributed by atoms with E-state index >= 15 is 0 Å². The number of nitrogens with zero attached hydrogens (tertiary/aromatic N) is 1. The van der Waals surface area contributed by atoms with Crippen molar-refractivity contribution in [3.63, 3.8) is 0 Å². The molecule has 0 atom stereocenters. The van der Waals surface area contributed by atoms with E-state index in [1.165, 1.54) is 0 Å². The molecule has 7 nitrogen and oxygen atoms in total. The van der Waals surface area contributed by atoms with Crippen LogP contribution in [0.4, 0.5) is 4.79 Å². The molecule has 0 aromatic carbocycles. The van der Waals surface area contributed by atoms with Gasteiger partial charge in [0.2, 0.25) is 0 Å². The van der Waals surface area contributed by atoms with Gasteiger partial charge in [-0.1, -0.05) is 0 Å². The van der Waals surface area contributed by atoms with Crippen molar-refractivity contribution in [3.8, 4) is 0 Å². The summed E-state index contributed by atoms with van der Waals surface area (Å²) in [5.41, 5.74) is 0. The number of piperidine rings is 1. The first-order valence-electron chi connectivity index (χ1n) is 5.39. The summed E-state index contributed by atoms with van der Waals surface area (Å²) in [6, 6.07) is 0. The largest absolute Gasteiger partial charge is 0.449 e. The molecule has 1 fully saturated rings. The SMILES string of the molecule is CCOC(=O)NS(=O)(=O)N1CCC(C=O)CC1. The number of amides is 1. The lowest BCUT2D eigenvalue weighted by Gasteiger charge is -2.28. The fourth-order valence-corrected chi connectivity index (χ4v) is 2.67. The zero-order valence-electron chi connectivity index (χ0n) is 9.59. The number of hydrogen-bond acceptors (Lipinski definition) is 5. The molecule has 1 aliphatic rings. The van der Waals surface area contributed by atoms with Crippen molar-refractivity contribution in [1.29, 1.82) is 0 Å². The van der Waals surface area contributed by atoms with Crippen LogP contribution in [-0.2, 0) is 19.7 Å². The van der Waals surface area contributed by atoms with Gasteiger partial charge >= 0.3 is 16.3 Å². The number of carbonyl (C=O) groups is 2. The maximum Gasteiger partial charge on any atom is 0.421 e. The Bertz CT molecular complexity index is 373. The summed E-state index contributed by atoms with van der Waals surface area (Å²) in [6.07, 6.45) is 0.813. The third kappa shape index (κ3) is 3.97. The normalized spacial score (nSPS) is 18.6. The van der Waals surface area contributed by atoms with E-state index in [0.29, 0.717) is 12.8 Å². The molecule has 98 valence electrons. The number of carbonyl (C=O) groups excluding carboxylic acids is 2. The van der Waals surface area contributed by atoms with Gasteiger partial charge in [-0.15, -0.1) is 0 Å². The molecule has 17 heavy (non-hydrogen) atoms. The first-order chi connectivity index (χ1) is 7.99. The van der Waals surface area contributed by atoms with Crippen molar-refractivity contribution in [2.75, 3.05) is 19.7 Å². The van der Waals surface area contributed by atoms with Gasteiger partial charge in [0.15, 0.2) is 0 Å². The molecule has 1 rings (SSSR count). The Hall–Kier alpha value is -1.15. The number of nitrogens with one attached hydrogen (secondary N) is 1. The molecule has 0 unspecified atom stereocenters. The van der Waals surface area contributed by atoms with Crippen molar-refractivity contribution in [1.82, 2.24) is 9.03 Å². The van der Waals surface area contributed by atoms with E-state index in [9.17, 15) is 18.0 Å². The van der Waals surface area contributed by atoms with Crippen LogP contribution < -0.4 is 4.72 Å². The molecular weight excluding hydrogens is 248 g/mol. The molecule has 1 saturated heterocycles. The lowest BCUT2D eigenvalue weighted by Crippen LogP contribution is -2.47. The molecule has 0 bridgehead atoms. The van der Waals surface area contributed by atoms with Crippen LogP contribution in [0.25, 0.3) is 0 Å². The Morgan fingerprint density at radius 3 is 2.53 bits per heavy atom. The second-order valence-electron chi connectivity index (χ2n) is 3.70. The van der Waals surface area contributed by atoms with E-state index in [4.69, 9.17) is 0 Å². The highest BCUT2D eigenvalue weighted by molar-refractivity contribution is 7.87. The van der Waals surface area contributed by atoms with Crippen molar-refractivity contribution < 1.29 is 22.7 Å². The fourth-order valence-electron chi connectivity index (χ4n) is 1.58. The second-order valence-corrected chi connectivity index (χ2v) is 5.37. The van der Waals surface area contributed by atoms with Crippen molar-refractivity contribution in [2.45, 2.75) is 19.8 Å². The summed E-state index contributed by atoms with van der Waals surface area (Å²) < 4.78 is 30.8. The van der Waals surface area contributed by atoms with Gasteiger partial charge in [0.05, 0.1) is 6.61 Å². The molecule has 0 aromatic heterocycles. The minimum absolute atomic E-state index is 0.0935. The second kappa shape index (κ2) is 5.97. The van der Waals surface area contributed by atoms with Crippen LogP contribution in [0, 0.1) is 5.92 Å². The van der Waals surface area contributed by atoms with Crippen molar-refractivity contribution >= 4 is 22.6 Å². The van der Waals surface area contributed by atoms with Crippen LogP contribution >= 0.6 is 0 Å². The summed E-state index contributed by atoms with van der Waals surface area (Å²) >= 11 is 0. The first-order valence-corrected chi connectivity index (χ1v) is 6.83. The molecule has 0 aliphatic carbocycles. The third-order valence-corrected chi connectivity index (χ3v) is 3.99. The number of rotatable bonds is 4. The van der Waals surface area contributed by atoms with Gasteiger partial charge in [-0.25, -0.2) is 9.52 Å². The van der Waals surface area contributed by atoms with E-state index < -0.39 is 16.3 Å². The highest BCUT2D eigenvalue weighted by atomic mass is 32.2. The Balaban J connectivity index is 2.54. The highest BCUT2D eigenvalue weighted by Gasteiger charge is 2.29. The van der Waals surface area contributed by atoms with E-state index in [0.717, 1.165) is 10.6 Å². The van der Waals surface area contributed by atoms with Crippen molar-refractivity contribution in [3.05, 3.63) is 0 Å². The quantitative estimate of drug-likeness (QED) is 0.715. The maximum atomic E-state index is 11.7. The van der Waals surface area contributed by atoms with Crippen LogP contribution in [0.2, 0.25) is 0 Å². The van der Waals surface area contributed by atoms with Crippen LogP contribution in [0.15, 0.2) is 0 Å². The van der Waals surface area contributed by atoms with Gasteiger partial charge in [-0.3, -0.25) is 0 Å². The minimum Gasteiger partial charge on any atom is -0.449 e. The Morgan fingerprint density at radius 2 is 2.06 bits per heavy atom. The molecule has 1 aliphatic heterocycles. The van der Waals surface area contributed by atoms with E-state index in [-0.39, 0.29) is 25.6 Å². The molecule has 1 amide bonds. The van der Waals surface area contributed by atoms with Crippen LogP contribution in [0.3, 0.4) is 0 Å². The van der Waals surface area contributed by atoms with Gasteiger partial charge in [0.25, 0.3) is 0 Å². The van der Waals surface area contributed by atoms with Gasteiger partial charge < -0.3 is 9.53 Å². The molecule has 0 radical (unpaired) electrons. The summed E-state index contributed by atoms with van der Waals surface area (Å²) in [5.74, 6) is -0.0935. The molecule has 1 heterocycles. The predicted octanol–water partition coefficient (Wildman–Crippen LogP) is -0.112. The summed E-state index contributed by atoms with van der Waals surface area (Å²) in [7, 11) is -3.84. The monoisotopic (exact) mass is 264 g/mol. The van der Waals surface area contributed by atoms with Crippen LogP contribution in [0.1, 0.15) is 19.8 Å². The third-order valence-electron chi connectivity index (χ3n) is 2.52. The summed E-state index contributed by atoms with van der Waals surface area (Å²) in [4.78, 5) is 21.5. The minimum atomic E-state index is -3.84. The van der Waals surface area contributed by atoms with Gasteiger partial charge in [0.1, 0.15) is 6.29 Å². The average molecular weight is 264 g/mol. The smallest absolute Gasteiger partial charge is 0.421 e. The number of ether oxygens (including phenoxy) is 1. The van der Waals surface area contributed by atoms with E-state index in [2.05, 4.69) is 4.74 Å². The lowest BCUT2D eigenvalue weighted by atomic mass is 10.0. The zero-order chi connectivity index (χ0) is 12.9. The first kappa shape index (κ1) is 13.9. The highest BCUT2D eigenvalue weighted by Crippen LogP contribution is 2.16. The Morgan fingerprint density at radius 1 is 1.47 bits per heavy atom. The van der Waals surface area contributed by atoms with Crippen LogP contribution in [0.5, 0.6) is 0 Å². The predicted molar refractivity (Wildman–Crippen MR) is 59.4 cm³/mol. The summed E-state index contributed by atoms with van der Waals surface area (Å²) in [6.45, 7) is 2.16. The molecule has 0 saturated carbocycles. The van der Waals surface area contributed by atoms with Crippen molar-refractivity contribution in [2.24, 2.45) is 5.92 Å². The Kier molecular flexibility index (Phi) is 4.88. The zero-order valence-corrected chi connectivity index (χ0v) is 10.4. The Labute approximate surface area is 100 Å². The maximum absolute atomic E-state index is 11.7. The van der Waals surface area contributed by atoms with Crippen LogP contribution in [-0.4, -0.2) is 44.8 Å². The number of hydrogen-bond donors (Lipinski definition) is 1. The van der Waals surface area contributed by atoms with E-state index in [1.807, 2.05) is 4.72 Å². The standard InChI is InChI=1S/C9H16N2O5S/c1-2-16-9(13)10-17(14,15)11-5-3-8(7-12)4-6-11/h7-8H,2-6H2,1H3,(H,10,13). The molecule has 1 N–H and O–H groups in total. The molecule has 8 heteroatoms. The molecular formula is C9H16N2O5S. The average Bonchev–Trinajstić information content (AvgIpc) is 2.28. The molecule has 0 aromatic rings. The topological polar surface area (TPSA) is 92.8 Å². The van der Waals surface area contributed by atoms with Gasteiger partial charge in [-0.05, 0) is 19.8 Å². The number of aldehydes is 1. The van der Waals surface area contributed by atoms with Gasteiger partial charge in [0, 0.05) is 19.0 Å². The molecule has 0 spiro atoms. The van der Waals surface area contributed by atoms with E-state index in [1.54, 1.807) is 6.92 Å².